The first kappa shape index (κ1) is 17.1. The summed E-state index contributed by atoms with van der Waals surface area (Å²) in [5.41, 5.74) is 2.04. The Morgan fingerprint density at radius 2 is 1.36 bits per heavy atom. The molecule has 112 valence electrons. The minimum atomic E-state index is -0.334. The molecule has 0 aliphatic rings. The minimum Gasteiger partial charge on any atom is -0.466 e. The molecule has 0 radical (unpaired) electrons. The Morgan fingerprint density at radius 1 is 0.864 bits per heavy atom. The maximum atomic E-state index is 10.7. The molecular weight excluding hydrogens is 276 g/mol. The molecule has 0 fully saturated rings. The zero-order chi connectivity index (χ0) is 16.0. The highest BCUT2D eigenvalue weighted by atomic mass is 16.5. The molecule has 0 atom stereocenters. The highest BCUT2D eigenvalue weighted by Gasteiger charge is 1.89. The Bertz CT molecular complexity index is 614. The lowest BCUT2D eigenvalue weighted by Crippen LogP contribution is -1.92. The minimum absolute atomic E-state index is 0.334. The van der Waals surface area contributed by atoms with Crippen molar-refractivity contribution in [3.8, 4) is 0 Å². The fourth-order valence-corrected chi connectivity index (χ4v) is 1.51. The van der Waals surface area contributed by atoms with Gasteiger partial charge in [0.25, 0.3) is 0 Å². The van der Waals surface area contributed by atoms with Gasteiger partial charge in [-0.25, -0.2) is 4.79 Å². The lowest BCUT2D eigenvalue weighted by Gasteiger charge is -1.91. The topological polar surface area (TPSA) is 43.4 Å². The molecule has 2 aromatic rings. The lowest BCUT2D eigenvalue weighted by atomic mass is 10.2. The smallest absolute Gasteiger partial charge is 0.330 e. The maximum absolute atomic E-state index is 10.7. The molecule has 3 heteroatoms. The van der Waals surface area contributed by atoms with Crippen LogP contribution in [0.4, 0.5) is 0 Å². The maximum Gasteiger partial charge on any atom is 0.330 e. The van der Waals surface area contributed by atoms with Crippen LogP contribution >= 0.6 is 0 Å². The van der Waals surface area contributed by atoms with Crippen LogP contribution < -0.4 is 0 Å². The fourth-order valence-electron chi connectivity index (χ4n) is 1.51. The van der Waals surface area contributed by atoms with E-state index in [0.717, 1.165) is 17.4 Å². The van der Waals surface area contributed by atoms with Crippen molar-refractivity contribution >= 4 is 24.4 Å². The summed E-state index contributed by atoms with van der Waals surface area (Å²) in [7, 11) is 1.36. The van der Waals surface area contributed by atoms with Gasteiger partial charge in [0, 0.05) is 6.08 Å². The number of carbonyl (C=O) groups excluding carboxylic acids is 2. The van der Waals surface area contributed by atoms with Crippen LogP contribution in [0, 0.1) is 0 Å². The molecule has 22 heavy (non-hydrogen) atoms. The Labute approximate surface area is 130 Å². The van der Waals surface area contributed by atoms with Gasteiger partial charge in [0.1, 0.15) is 6.29 Å². The summed E-state index contributed by atoms with van der Waals surface area (Å²) in [4.78, 5) is 20.6. The van der Waals surface area contributed by atoms with E-state index < -0.39 is 0 Å². The van der Waals surface area contributed by atoms with Gasteiger partial charge in [0.15, 0.2) is 0 Å². The second kappa shape index (κ2) is 10.8. The number of ether oxygens (including phenoxy) is 1. The predicted octanol–water partition coefficient (Wildman–Crippen LogP) is 3.77. The Kier molecular flexibility index (Phi) is 8.40. The van der Waals surface area contributed by atoms with Gasteiger partial charge in [-0.2, -0.15) is 0 Å². The third-order valence-electron chi connectivity index (χ3n) is 2.58. The lowest BCUT2D eigenvalue weighted by molar-refractivity contribution is -0.134. The number of hydrogen-bond donors (Lipinski definition) is 0. The summed E-state index contributed by atoms with van der Waals surface area (Å²) in [6, 6.07) is 19.3. The van der Waals surface area contributed by atoms with E-state index in [4.69, 9.17) is 0 Å². The van der Waals surface area contributed by atoms with Crippen molar-refractivity contribution in [3.05, 3.63) is 83.9 Å². The van der Waals surface area contributed by atoms with Gasteiger partial charge in [0.05, 0.1) is 7.11 Å². The predicted molar refractivity (Wildman–Crippen MR) is 89.0 cm³/mol. The van der Waals surface area contributed by atoms with Gasteiger partial charge in [-0.1, -0.05) is 66.7 Å². The third-order valence-corrected chi connectivity index (χ3v) is 2.58. The molecule has 0 amide bonds. The summed E-state index contributed by atoms with van der Waals surface area (Å²) in [5, 5.41) is 0. The Balaban J connectivity index is 0.000000224. The molecule has 0 aliphatic heterocycles. The number of methoxy groups -OCH3 is 1. The standard InChI is InChI=1S/C10H10O2.C9H8O/c1-12-10(11)8-7-9-5-3-2-4-6-9;10-8-4-7-9-5-2-1-3-6-9/h2-8H,1H3;1-8H. The van der Waals surface area contributed by atoms with Crippen LogP contribution in [0.25, 0.3) is 12.2 Å². The second-order valence-electron chi connectivity index (χ2n) is 4.17. The van der Waals surface area contributed by atoms with E-state index in [2.05, 4.69) is 4.74 Å². The van der Waals surface area contributed by atoms with Gasteiger partial charge in [-0.3, -0.25) is 4.79 Å². The van der Waals surface area contributed by atoms with E-state index in [-0.39, 0.29) is 5.97 Å². The molecule has 0 saturated heterocycles. The molecule has 0 aromatic heterocycles. The molecule has 0 unspecified atom stereocenters. The molecule has 0 spiro atoms. The average molecular weight is 294 g/mol. The van der Waals surface area contributed by atoms with Crippen molar-refractivity contribution in [1.82, 2.24) is 0 Å². The van der Waals surface area contributed by atoms with Crippen LogP contribution in [0.2, 0.25) is 0 Å². The second-order valence-corrected chi connectivity index (χ2v) is 4.17. The molecule has 0 bridgehead atoms. The van der Waals surface area contributed by atoms with Gasteiger partial charge in [-0.05, 0) is 23.3 Å². The first-order valence-electron chi connectivity index (χ1n) is 6.74. The van der Waals surface area contributed by atoms with Crippen LogP contribution in [0.5, 0.6) is 0 Å². The summed E-state index contributed by atoms with van der Waals surface area (Å²) >= 11 is 0. The molecule has 0 aliphatic carbocycles. The van der Waals surface area contributed by atoms with Crippen molar-refractivity contribution in [2.24, 2.45) is 0 Å². The quantitative estimate of drug-likeness (QED) is 0.490. The number of allylic oxidation sites excluding steroid dienone is 1. The van der Waals surface area contributed by atoms with Crippen LogP contribution in [0.15, 0.2) is 72.8 Å². The number of hydrogen-bond acceptors (Lipinski definition) is 3. The fraction of sp³-hybridized carbons (Fsp3) is 0.0526. The van der Waals surface area contributed by atoms with Crippen molar-refractivity contribution in [3.63, 3.8) is 0 Å². The number of benzene rings is 2. The van der Waals surface area contributed by atoms with E-state index in [1.54, 1.807) is 12.2 Å². The van der Waals surface area contributed by atoms with Crippen molar-refractivity contribution in [2.45, 2.75) is 0 Å². The van der Waals surface area contributed by atoms with Crippen molar-refractivity contribution in [1.29, 1.82) is 0 Å². The number of esters is 1. The molecule has 0 N–H and O–H groups in total. The average Bonchev–Trinajstić information content (AvgIpc) is 2.60. The first-order chi connectivity index (χ1) is 10.8. The molecule has 0 heterocycles. The summed E-state index contributed by atoms with van der Waals surface area (Å²) in [6.45, 7) is 0. The summed E-state index contributed by atoms with van der Waals surface area (Å²) in [5.74, 6) is -0.334. The highest BCUT2D eigenvalue weighted by Crippen LogP contribution is 2.00. The SMILES string of the molecule is COC(=O)C=Cc1ccccc1.O=CC=Cc1ccccc1. The molecule has 2 rings (SSSR count). The van der Waals surface area contributed by atoms with Crippen LogP contribution in [-0.2, 0) is 14.3 Å². The monoisotopic (exact) mass is 294 g/mol. The van der Waals surface area contributed by atoms with E-state index in [1.165, 1.54) is 19.3 Å². The van der Waals surface area contributed by atoms with E-state index in [9.17, 15) is 9.59 Å². The number of rotatable bonds is 4. The Hall–Kier alpha value is -2.94. The van der Waals surface area contributed by atoms with Crippen LogP contribution in [0.3, 0.4) is 0 Å². The van der Waals surface area contributed by atoms with Gasteiger partial charge in [-0.15, -0.1) is 0 Å². The molecular formula is C19H18O3. The zero-order valence-electron chi connectivity index (χ0n) is 12.4. The normalized spacial score (nSPS) is 10.0. The van der Waals surface area contributed by atoms with Gasteiger partial charge < -0.3 is 4.74 Å². The zero-order valence-corrected chi connectivity index (χ0v) is 12.4. The number of aldehydes is 1. The van der Waals surface area contributed by atoms with Crippen LogP contribution in [0.1, 0.15) is 11.1 Å². The van der Waals surface area contributed by atoms with Gasteiger partial charge >= 0.3 is 5.97 Å². The number of carbonyl (C=O) groups is 2. The molecule has 0 saturated carbocycles. The summed E-state index contributed by atoms with van der Waals surface area (Å²) < 4.78 is 4.45. The van der Waals surface area contributed by atoms with E-state index in [0.29, 0.717) is 0 Å². The van der Waals surface area contributed by atoms with Crippen molar-refractivity contribution in [2.75, 3.05) is 7.11 Å². The Morgan fingerprint density at radius 3 is 1.82 bits per heavy atom. The molecule has 2 aromatic carbocycles. The highest BCUT2D eigenvalue weighted by molar-refractivity contribution is 5.86. The summed E-state index contributed by atoms with van der Waals surface area (Å²) in [6.07, 6.45) is 7.14. The van der Waals surface area contributed by atoms with E-state index in [1.807, 2.05) is 60.7 Å². The van der Waals surface area contributed by atoms with Crippen molar-refractivity contribution < 1.29 is 14.3 Å². The third kappa shape index (κ3) is 7.60. The van der Waals surface area contributed by atoms with Crippen LogP contribution in [-0.4, -0.2) is 19.4 Å². The van der Waals surface area contributed by atoms with Gasteiger partial charge in [0.2, 0.25) is 0 Å². The first-order valence-corrected chi connectivity index (χ1v) is 6.74. The molecule has 3 nitrogen and oxygen atoms in total. The largest absolute Gasteiger partial charge is 0.466 e. The van der Waals surface area contributed by atoms with E-state index >= 15 is 0 Å².